The summed E-state index contributed by atoms with van der Waals surface area (Å²) in [6.07, 6.45) is 2.65. The minimum Gasteiger partial charge on any atom is -0.368 e. The van der Waals surface area contributed by atoms with Crippen molar-refractivity contribution in [3.8, 4) is 0 Å². The van der Waals surface area contributed by atoms with Gasteiger partial charge in [-0.1, -0.05) is 36.4 Å². The molecule has 2 amide bonds. The highest BCUT2D eigenvalue weighted by molar-refractivity contribution is 7.98. The van der Waals surface area contributed by atoms with Crippen LogP contribution in [-0.2, 0) is 4.79 Å². The van der Waals surface area contributed by atoms with Crippen LogP contribution in [0.25, 0.3) is 0 Å². The van der Waals surface area contributed by atoms with Gasteiger partial charge in [0.05, 0.1) is 0 Å². The first kappa shape index (κ1) is 20.3. The van der Waals surface area contributed by atoms with Crippen molar-refractivity contribution in [2.24, 2.45) is 0 Å². The van der Waals surface area contributed by atoms with Gasteiger partial charge in [-0.05, 0) is 42.7 Å². The Bertz CT molecular complexity index is 762. The smallest absolute Gasteiger partial charge is 0.251 e. The molecular formula is C22H27N3O2S. The van der Waals surface area contributed by atoms with Crippen molar-refractivity contribution in [3.05, 3.63) is 66.2 Å². The lowest BCUT2D eigenvalue weighted by Crippen LogP contribution is -2.55. The Morgan fingerprint density at radius 3 is 2.18 bits per heavy atom. The number of hydrogen-bond acceptors (Lipinski definition) is 4. The molecule has 1 N–H and O–H groups in total. The SMILES string of the molecule is CSCCC(NC(=O)c1ccccc1)C(=O)N1CCN(c2ccccc2)CC1. The molecule has 1 fully saturated rings. The van der Waals surface area contributed by atoms with Crippen LogP contribution in [0.5, 0.6) is 0 Å². The van der Waals surface area contributed by atoms with E-state index in [1.54, 1.807) is 23.9 Å². The highest BCUT2D eigenvalue weighted by Gasteiger charge is 2.28. The molecule has 1 aliphatic heterocycles. The van der Waals surface area contributed by atoms with Crippen LogP contribution >= 0.6 is 11.8 Å². The Morgan fingerprint density at radius 2 is 1.57 bits per heavy atom. The first-order valence-electron chi connectivity index (χ1n) is 9.62. The van der Waals surface area contributed by atoms with E-state index in [4.69, 9.17) is 0 Å². The maximum Gasteiger partial charge on any atom is 0.251 e. The first-order chi connectivity index (χ1) is 13.7. The molecule has 3 rings (SSSR count). The maximum atomic E-state index is 13.1. The van der Waals surface area contributed by atoms with E-state index < -0.39 is 6.04 Å². The van der Waals surface area contributed by atoms with E-state index >= 15 is 0 Å². The van der Waals surface area contributed by atoms with Crippen molar-refractivity contribution in [3.63, 3.8) is 0 Å². The molecule has 0 bridgehead atoms. The van der Waals surface area contributed by atoms with Crippen LogP contribution in [0.2, 0.25) is 0 Å². The van der Waals surface area contributed by atoms with E-state index in [-0.39, 0.29) is 11.8 Å². The molecule has 1 heterocycles. The molecule has 148 valence electrons. The van der Waals surface area contributed by atoms with Crippen LogP contribution in [0.15, 0.2) is 60.7 Å². The molecule has 0 saturated carbocycles. The van der Waals surface area contributed by atoms with E-state index in [0.717, 1.165) is 18.8 Å². The minimum atomic E-state index is -0.483. The summed E-state index contributed by atoms with van der Waals surface area (Å²) in [5.74, 6) is 0.657. The summed E-state index contributed by atoms with van der Waals surface area (Å²) < 4.78 is 0. The zero-order valence-electron chi connectivity index (χ0n) is 16.2. The Kier molecular flexibility index (Phi) is 7.37. The Labute approximate surface area is 171 Å². The zero-order valence-corrected chi connectivity index (χ0v) is 17.0. The summed E-state index contributed by atoms with van der Waals surface area (Å²) in [5.41, 5.74) is 1.77. The van der Waals surface area contributed by atoms with Crippen molar-refractivity contribution in [1.82, 2.24) is 10.2 Å². The molecular weight excluding hydrogens is 370 g/mol. The quantitative estimate of drug-likeness (QED) is 0.781. The van der Waals surface area contributed by atoms with Crippen molar-refractivity contribution in [1.29, 1.82) is 0 Å². The van der Waals surface area contributed by atoms with Gasteiger partial charge in [-0.15, -0.1) is 0 Å². The highest BCUT2D eigenvalue weighted by atomic mass is 32.2. The number of carbonyl (C=O) groups excluding carboxylic acids is 2. The van der Waals surface area contributed by atoms with Crippen LogP contribution in [0.1, 0.15) is 16.8 Å². The molecule has 1 unspecified atom stereocenters. The number of amides is 2. The van der Waals surface area contributed by atoms with Crippen LogP contribution < -0.4 is 10.2 Å². The molecule has 0 aromatic heterocycles. The molecule has 6 heteroatoms. The predicted molar refractivity (Wildman–Crippen MR) is 116 cm³/mol. The molecule has 28 heavy (non-hydrogen) atoms. The standard InChI is InChI=1S/C22H27N3O2S/c1-28-17-12-20(23-21(26)18-8-4-2-5-9-18)22(27)25-15-13-24(14-16-25)19-10-6-3-7-11-19/h2-11,20H,12-17H2,1H3,(H,23,26). The topological polar surface area (TPSA) is 52.7 Å². The normalized spacial score (nSPS) is 15.2. The van der Waals surface area contributed by atoms with Gasteiger partial charge < -0.3 is 15.1 Å². The van der Waals surface area contributed by atoms with E-state index in [2.05, 4.69) is 22.3 Å². The lowest BCUT2D eigenvalue weighted by molar-refractivity contribution is -0.133. The Hall–Kier alpha value is -2.47. The number of nitrogens with zero attached hydrogens (tertiary/aromatic N) is 2. The highest BCUT2D eigenvalue weighted by Crippen LogP contribution is 2.16. The van der Waals surface area contributed by atoms with Gasteiger partial charge in [0.1, 0.15) is 6.04 Å². The van der Waals surface area contributed by atoms with Gasteiger partial charge >= 0.3 is 0 Å². The second kappa shape index (κ2) is 10.2. The number of thioether (sulfide) groups is 1. The van der Waals surface area contributed by atoms with Crippen LogP contribution in [0, 0.1) is 0 Å². The van der Waals surface area contributed by atoms with Crippen LogP contribution in [0.3, 0.4) is 0 Å². The molecule has 1 saturated heterocycles. The van der Waals surface area contributed by atoms with Gasteiger partial charge in [-0.3, -0.25) is 9.59 Å². The van der Waals surface area contributed by atoms with Crippen molar-refractivity contribution >= 4 is 29.3 Å². The number of hydrogen-bond donors (Lipinski definition) is 1. The van der Waals surface area contributed by atoms with E-state index in [0.29, 0.717) is 25.1 Å². The lowest BCUT2D eigenvalue weighted by atomic mass is 10.1. The van der Waals surface area contributed by atoms with Crippen molar-refractivity contribution in [2.75, 3.05) is 43.1 Å². The fraction of sp³-hybridized carbons (Fsp3) is 0.364. The lowest BCUT2D eigenvalue weighted by Gasteiger charge is -2.37. The Balaban J connectivity index is 1.61. The van der Waals surface area contributed by atoms with E-state index in [9.17, 15) is 9.59 Å². The number of para-hydroxylation sites is 1. The van der Waals surface area contributed by atoms with E-state index in [1.807, 2.05) is 47.6 Å². The fourth-order valence-electron chi connectivity index (χ4n) is 3.37. The van der Waals surface area contributed by atoms with Gasteiger partial charge in [0.15, 0.2) is 0 Å². The zero-order chi connectivity index (χ0) is 19.8. The molecule has 0 spiro atoms. The molecule has 2 aromatic rings. The summed E-state index contributed by atoms with van der Waals surface area (Å²) in [6, 6.07) is 18.9. The largest absolute Gasteiger partial charge is 0.368 e. The molecule has 1 aliphatic rings. The predicted octanol–water partition coefficient (Wildman–Crippen LogP) is 2.89. The number of rotatable bonds is 7. The van der Waals surface area contributed by atoms with Gasteiger partial charge in [0.25, 0.3) is 5.91 Å². The van der Waals surface area contributed by atoms with Crippen molar-refractivity contribution < 1.29 is 9.59 Å². The second-order valence-corrected chi connectivity index (χ2v) is 7.81. The summed E-state index contributed by atoms with van der Waals surface area (Å²) in [4.78, 5) is 29.8. The first-order valence-corrected chi connectivity index (χ1v) is 11.0. The number of benzene rings is 2. The Morgan fingerprint density at radius 1 is 0.964 bits per heavy atom. The summed E-state index contributed by atoms with van der Waals surface area (Å²) in [5, 5.41) is 2.95. The molecule has 1 atom stereocenters. The van der Waals surface area contributed by atoms with Crippen LogP contribution in [-0.4, -0.2) is 60.9 Å². The number of nitrogens with one attached hydrogen (secondary N) is 1. The summed E-state index contributed by atoms with van der Waals surface area (Å²) >= 11 is 1.68. The minimum absolute atomic E-state index is 0.0195. The van der Waals surface area contributed by atoms with Crippen LogP contribution in [0.4, 0.5) is 5.69 Å². The average Bonchev–Trinajstić information content (AvgIpc) is 2.77. The second-order valence-electron chi connectivity index (χ2n) is 6.82. The maximum absolute atomic E-state index is 13.1. The monoisotopic (exact) mass is 397 g/mol. The molecule has 0 aliphatic carbocycles. The van der Waals surface area contributed by atoms with Gasteiger partial charge in [0, 0.05) is 37.4 Å². The number of carbonyl (C=O) groups is 2. The third kappa shape index (κ3) is 5.29. The summed E-state index contributed by atoms with van der Waals surface area (Å²) in [6.45, 7) is 2.95. The number of piperazine rings is 1. The average molecular weight is 398 g/mol. The number of anilines is 1. The molecule has 5 nitrogen and oxygen atoms in total. The van der Waals surface area contributed by atoms with E-state index in [1.165, 1.54) is 5.69 Å². The van der Waals surface area contributed by atoms with Gasteiger partial charge in [-0.2, -0.15) is 11.8 Å². The van der Waals surface area contributed by atoms with Gasteiger partial charge in [-0.25, -0.2) is 0 Å². The third-order valence-corrected chi connectivity index (χ3v) is 5.61. The molecule has 0 radical (unpaired) electrons. The van der Waals surface area contributed by atoms with Crippen molar-refractivity contribution in [2.45, 2.75) is 12.5 Å². The fourth-order valence-corrected chi connectivity index (χ4v) is 3.84. The summed E-state index contributed by atoms with van der Waals surface area (Å²) in [7, 11) is 0. The molecule has 2 aromatic carbocycles. The van der Waals surface area contributed by atoms with Gasteiger partial charge in [0.2, 0.25) is 5.91 Å². The third-order valence-electron chi connectivity index (χ3n) is 4.96.